The molecule has 27 heavy (non-hydrogen) atoms. The zero-order valence-electron chi connectivity index (χ0n) is 17.3. The molecule has 0 N–H and O–H groups in total. The van der Waals surface area contributed by atoms with Crippen molar-refractivity contribution in [2.75, 3.05) is 0 Å². The van der Waals surface area contributed by atoms with Gasteiger partial charge < -0.3 is 0 Å². The molecule has 0 saturated heterocycles. The normalized spacial score (nSPS) is 13.3. The first kappa shape index (κ1) is 20.6. The summed E-state index contributed by atoms with van der Waals surface area (Å²) in [6, 6.07) is 0. The molecule has 3 nitrogen and oxygen atoms in total. The van der Waals surface area contributed by atoms with Gasteiger partial charge in [0, 0.05) is 50.9 Å². The fourth-order valence-electron chi connectivity index (χ4n) is 2.99. The van der Waals surface area contributed by atoms with Gasteiger partial charge in [-0.15, -0.1) is 34.0 Å². The van der Waals surface area contributed by atoms with E-state index in [9.17, 15) is 0 Å². The van der Waals surface area contributed by atoms with Crippen LogP contribution in [0.1, 0.15) is 74.7 Å². The van der Waals surface area contributed by atoms with E-state index in [1.54, 1.807) is 34.0 Å². The Morgan fingerprint density at radius 3 is 2.15 bits per heavy atom. The van der Waals surface area contributed by atoms with Crippen LogP contribution >= 0.6 is 34.0 Å². The van der Waals surface area contributed by atoms with Crippen LogP contribution in [0.3, 0.4) is 0 Å². The third-order valence-electron chi connectivity index (χ3n) is 4.75. The van der Waals surface area contributed by atoms with Crippen molar-refractivity contribution in [3.63, 3.8) is 0 Å². The summed E-state index contributed by atoms with van der Waals surface area (Å²) in [5.41, 5.74) is 4.42. The molecule has 3 rings (SSSR count). The van der Waals surface area contributed by atoms with Crippen LogP contribution < -0.4 is 0 Å². The van der Waals surface area contributed by atoms with Gasteiger partial charge in [0.05, 0.1) is 26.9 Å². The molecule has 3 aromatic rings. The zero-order valence-corrected chi connectivity index (χ0v) is 19.7. The molecular weight excluding hydrogens is 390 g/mol. The summed E-state index contributed by atoms with van der Waals surface area (Å²) >= 11 is 5.27. The smallest absolute Gasteiger partial charge is 0.0981 e. The molecule has 0 aromatic carbocycles. The van der Waals surface area contributed by atoms with E-state index in [4.69, 9.17) is 9.97 Å². The van der Waals surface area contributed by atoms with Crippen LogP contribution in [0.15, 0.2) is 22.5 Å². The molecule has 0 bridgehead atoms. The molecular formula is C21H29N3S3. The van der Waals surface area contributed by atoms with Crippen molar-refractivity contribution in [3.8, 4) is 0 Å². The minimum absolute atomic E-state index is 0.0212. The fourth-order valence-corrected chi connectivity index (χ4v) is 5.86. The van der Waals surface area contributed by atoms with E-state index in [-0.39, 0.29) is 16.2 Å². The average molecular weight is 420 g/mol. The quantitative estimate of drug-likeness (QED) is 0.464. The second-order valence-electron chi connectivity index (χ2n) is 9.51. The molecule has 0 atom stereocenters. The third-order valence-corrected chi connectivity index (χ3v) is 8.06. The highest BCUT2D eigenvalue weighted by Gasteiger charge is 2.29. The number of hydrogen-bond acceptors (Lipinski definition) is 6. The molecule has 0 unspecified atom stereocenters. The molecule has 6 heteroatoms. The summed E-state index contributed by atoms with van der Waals surface area (Å²) in [6.45, 7) is 15.8. The maximum absolute atomic E-state index is 5.01. The van der Waals surface area contributed by atoms with Gasteiger partial charge in [-0.05, 0) is 0 Å². The van der Waals surface area contributed by atoms with Crippen LogP contribution in [0.5, 0.6) is 0 Å². The van der Waals surface area contributed by atoms with Crippen molar-refractivity contribution >= 4 is 34.0 Å². The van der Waals surface area contributed by atoms with Crippen molar-refractivity contribution in [2.45, 2.75) is 77.6 Å². The lowest BCUT2D eigenvalue weighted by Crippen LogP contribution is -2.22. The lowest BCUT2D eigenvalue weighted by atomic mass is 9.85. The van der Waals surface area contributed by atoms with Gasteiger partial charge in [-0.3, -0.25) is 4.98 Å². The van der Waals surface area contributed by atoms with Crippen molar-refractivity contribution in [2.24, 2.45) is 0 Å². The van der Waals surface area contributed by atoms with E-state index >= 15 is 0 Å². The van der Waals surface area contributed by atoms with Crippen molar-refractivity contribution in [1.29, 1.82) is 0 Å². The van der Waals surface area contributed by atoms with Gasteiger partial charge in [0.1, 0.15) is 0 Å². The average Bonchev–Trinajstić information content (AvgIpc) is 3.27. The highest BCUT2D eigenvalue weighted by molar-refractivity contribution is 7.10. The Labute approximate surface area is 175 Å². The van der Waals surface area contributed by atoms with Gasteiger partial charge in [-0.25, -0.2) is 9.97 Å². The molecule has 0 aliphatic heterocycles. The standard InChI is InChI=1S/C21H29N3S3/c1-19(2,3)18-23-14(11-26-18)8-20(4,5)15-12-25-17(24-15)9-21(6,7)16-10-22-13-27-16/h10-13H,8-9H2,1-7H3. The molecule has 0 fully saturated rings. The minimum atomic E-state index is -0.0212. The second-order valence-corrected chi connectivity index (χ2v) is 12.2. The highest BCUT2D eigenvalue weighted by atomic mass is 32.1. The van der Waals surface area contributed by atoms with Crippen LogP contribution in [0.25, 0.3) is 0 Å². The first-order chi connectivity index (χ1) is 12.5. The minimum Gasteiger partial charge on any atom is -0.253 e. The highest BCUT2D eigenvalue weighted by Crippen LogP contribution is 2.35. The van der Waals surface area contributed by atoms with E-state index in [1.807, 2.05) is 11.7 Å². The number of aromatic nitrogens is 3. The Morgan fingerprint density at radius 2 is 1.56 bits per heavy atom. The lowest BCUT2D eigenvalue weighted by molar-refractivity contribution is 0.491. The maximum atomic E-state index is 5.01. The third kappa shape index (κ3) is 4.84. The first-order valence-electron chi connectivity index (χ1n) is 9.26. The summed E-state index contributed by atoms with van der Waals surface area (Å²) in [5, 5.41) is 6.85. The van der Waals surface area contributed by atoms with Crippen LogP contribution in [-0.2, 0) is 29.1 Å². The van der Waals surface area contributed by atoms with Crippen LogP contribution in [0.4, 0.5) is 0 Å². The van der Waals surface area contributed by atoms with Gasteiger partial charge in [0.25, 0.3) is 0 Å². The molecule has 0 spiro atoms. The second kappa shape index (κ2) is 7.37. The fraction of sp³-hybridized carbons (Fsp3) is 0.571. The van der Waals surface area contributed by atoms with Gasteiger partial charge in [-0.2, -0.15) is 0 Å². The molecule has 0 amide bonds. The molecule has 0 saturated carbocycles. The van der Waals surface area contributed by atoms with Gasteiger partial charge in [0.2, 0.25) is 0 Å². The number of rotatable bonds is 6. The van der Waals surface area contributed by atoms with Crippen LogP contribution in [-0.4, -0.2) is 15.0 Å². The molecule has 3 aromatic heterocycles. The SMILES string of the molecule is CC(C)(C)c1nc(CC(C)(C)c2csc(CC(C)(C)c3cncs3)n2)cs1. The monoisotopic (exact) mass is 419 g/mol. The Hall–Kier alpha value is -1.11. The van der Waals surface area contributed by atoms with Crippen molar-refractivity contribution < 1.29 is 0 Å². The zero-order chi connectivity index (χ0) is 19.9. The summed E-state index contributed by atoms with van der Waals surface area (Å²) < 4.78 is 0. The lowest BCUT2D eigenvalue weighted by Gasteiger charge is -2.23. The maximum Gasteiger partial charge on any atom is 0.0981 e. The van der Waals surface area contributed by atoms with E-state index in [2.05, 4.69) is 64.2 Å². The topological polar surface area (TPSA) is 38.7 Å². The van der Waals surface area contributed by atoms with Gasteiger partial charge in [-0.1, -0.05) is 48.5 Å². The summed E-state index contributed by atoms with van der Waals surface area (Å²) in [6.07, 6.45) is 3.85. The van der Waals surface area contributed by atoms with E-state index < -0.39 is 0 Å². The van der Waals surface area contributed by atoms with Crippen molar-refractivity contribution in [1.82, 2.24) is 15.0 Å². The predicted octanol–water partition coefficient (Wildman–Crippen LogP) is 6.39. The predicted molar refractivity (Wildman–Crippen MR) is 119 cm³/mol. The number of thiazole rings is 3. The molecule has 3 heterocycles. The van der Waals surface area contributed by atoms with Crippen molar-refractivity contribution in [3.05, 3.63) is 48.7 Å². The van der Waals surface area contributed by atoms with Gasteiger partial charge >= 0.3 is 0 Å². The first-order valence-corrected chi connectivity index (χ1v) is 11.9. The largest absolute Gasteiger partial charge is 0.253 e. The van der Waals surface area contributed by atoms with Gasteiger partial charge in [0.15, 0.2) is 0 Å². The van der Waals surface area contributed by atoms with E-state index in [0.29, 0.717) is 0 Å². The van der Waals surface area contributed by atoms with E-state index in [1.165, 1.54) is 26.3 Å². The Balaban J connectivity index is 1.73. The Morgan fingerprint density at radius 1 is 0.815 bits per heavy atom. The molecule has 0 aliphatic rings. The van der Waals surface area contributed by atoms with Crippen LogP contribution in [0.2, 0.25) is 0 Å². The molecule has 146 valence electrons. The summed E-state index contributed by atoms with van der Waals surface area (Å²) in [7, 11) is 0. The molecule has 0 aliphatic carbocycles. The van der Waals surface area contributed by atoms with Crippen LogP contribution in [0, 0.1) is 0 Å². The number of hydrogen-bond donors (Lipinski definition) is 0. The summed E-state index contributed by atoms with van der Waals surface area (Å²) in [5.74, 6) is 0. The van der Waals surface area contributed by atoms with E-state index in [0.717, 1.165) is 12.8 Å². The molecule has 0 radical (unpaired) electrons. The Kier molecular flexibility index (Phi) is 5.63. The number of nitrogens with zero attached hydrogens (tertiary/aromatic N) is 3. The Bertz CT molecular complexity index is 880. The summed E-state index contributed by atoms with van der Waals surface area (Å²) in [4.78, 5) is 15.4.